The summed E-state index contributed by atoms with van der Waals surface area (Å²) in [6.07, 6.45) is 0. The van der Waals surface area contributed by atoms with Crippen LogP contribution in [0.3, 0.4) is 0 Å². The van der Waals surface area contributed by atoms with Crippen LogP contribution in [0.2, 0.25) is 5.02 Å². The van der Waals surface area contributed by atoms with E-state index in [0.717, 1.165) is 12.1 Å². The minimum atomic E-state index is -0.0504. The highest BCUT2D eigenvalue weighted by molar-refractivity contribution is 6.30. The van der Waals surface area contributed by atoms with E-state index in [-0.39, 0.29) is 24.7 Å². The Morgan fingerprint density at radius 1 is 1.58 bits per heavy atom. The number of benzene rings is 1. The molecule has 1 saturated heterocycles. The number of rotatable bonds is 4. The molecule has 3 N–H and O–H groups in total. The molecule has 3 unspecified atom stereocenters. The molecule has 106 valence electrons. The topological polar surface area (TPSA) is 58.7 Å². The zero-order chi connectivity index (χ0) is 13.8. The van der Waals surface area contributed by atoms with E-state index in [1.807, 2.05) is 31.2 Å². The molecule has 0 bridgehead atoms. The molecule has 0 spiro atoms. The van der Waals surface area contributed by atoms with E-state index in [1.54, 1.807) is 0 Å². The third-order valence-corrected chi connectivity index (χ3v) is 3.76. The third kappa shape index (κ3) is 3.46. The van der Waals surface area contributed by atoms with Crippen LogP contribution in [0.25, 0.3) is 0 Å². The van der Waals surface area contributed by atoms with Crippen molar-refractivity contribution < 1.29 is 9.84 Å². The van der Waals surface area contributed by atoms with Crippen LogP contribution in [0.1, 0.15) is 18.5 Å². The standard InChI is InChI=1S/C14H21ClN2O2/c1-10(16)14(11-3-2-4-12(15)7-11)17-5-6-19-9-13(17)8-18/h2-4,7,10,13-14,18H,5-6,8-9,16H2,1H3. The van der Waals surface area contributed by atoms with Gasteiger partial charge in [-0.15, -0.1) is 0 Å². The normalized spacial score (nSPS) is 24.1. The van der Waals surface area contributed by atoms with E-state index >= 15 is 0 Å². The van der Waals surface area contributed by atoms with Crippen molar-refractivity contribution in [3.63, 3.8) is 0 Å². The van der Waals surface area contributed by atoms with Gasteiger partial charge < -0.3 is 15.6 Å². The molecule has 3 atom stereocenters. The Morgan fingerprint density at radius 3 is 3.00 bits per heavy atom. The Morgan fingerprint density at radius 2 is 2.37 bits per heavy atom. The van der Waals surface area contributed by atoms with Crippen molar-refractivity contribution in [3.8, 4) is 0 Å². The minimum Gasteiger partial charge on any atom is -0.395 e. The number of aliphatic hydroxyl groups excluding tert-OH is 1. The first-order valence-electron chi connectivity index (χ1n) is 6.59. The Labute approximate surface area is 119 Å². The van der Waals surface area contributed by atoms with Gasteiger partial charge in [-0.3, -0.25) is 4.90 Å². The van der Waals surface area contributed by atoms with Crippen molar-refractivity contribution in [2.24, 2.45) is 5.73 Å². The lowest BCUT2D eigenvalue weighted by atomic mass is 9.97. The van der Waals surface area contributed by atoms with Crippen LogP contribution in [-0.2, 0) is 4.74 Å². The zero-order valence-electron chi connectivity index (χ0n) is 11.1. The average molecular weight is 285 g/mol. The second-order valence-electron chi connectivity index (χ2n) is 5.01. The summed E-state index contributed by atoms with van der Waals surface area (Å²) in [5, 5.41) is 10.2. The lowest BCUT2D eigenvalue weighted by Crippen LogP contribution is -2.52. The van der Waals surface area contributed by atoms with Gasteiger partial charge in [-0.2, -0.15) is 0 Å². The van der Waals surface area contributed by atoms with Gasteiger partial charge in [0.2, 0.25) is 0 Å². The molecule has 2 rings (SSSR count). The molecule has 0 saturated carbocycles. The molecule has 1 aromatic rings. The Balaban J connectivity index is 2.28. The van der Waals surface area contributed by atoms with E-state index in [1.165, 1.54) is 0 Å². The van der Waals surface area contributed by atoms with Gasteiger partial charge in [-0.1, -0.05) is 23.7 Å². The highest BCUT2D eigenvalue weighted by Crippen LogP contribution is 2.28. The van der Waals surface area contributed by atoms with Gasteiger partial charge >= 0.3 is 0 Å². The fraction of sp³-hybridized carbons (Fsp3) is 0.571. The van der Waals surface area contributed by atoms with Gasteiger partial charge in [0.25, 0.3) is 0 Å². The highest BCUT2D eigenvalue weighted by atomic mass is 35.5. The Bertz CT molecular complexity index is 414. The van der Waals surface area contributed by atoms with Crippen molar-refractivity contribution in [1.29, 1.82) is 0 Å². The van der Waals surface area contributed by atoms with Gasteiger partial charge in [-0.05, 0) is 24.6 Å². The van der Waals surface area contributed by atoms with Crippen LogP contribution in [0.15, 0.2) is 24.3 Å². The van der Waals surface area contributed by atoms with Crippen molar-refractivity contribution >= 4 is 11.6 Å². The minimum absolute atomic E-state index is 0.0104. The first kappa shape index (κ1) is 14.8. The van der Waals surface area contributed by atoms with Crippen molar-refractivity contribution in [2.75, 3.05) is 26.4 Å². The van der Waals surface area contributed by atoms with Gasteiger partial charge in [-0.25, -0.2) is 0 Å². The molecule has 5 heteroatoms. The van der Waals surface area contributed by atoms with E-state index in [2.05, 4.69) is 4.90 Å². The third-order valence-electron chi connectivity index (χ3n) is 3.53. The highest BCUT2D eigenvalue weighted by Gasteiger charge is 2.32. The number of hydrogen-bond donors (Lipinski definition) is 2. The number of nitrogens with two attached hydrogens (primary N) is 1. The molecule has 1 aliphatic heterocycles. The summed E-state index contributed by atoms with van der Waals surface area (Å²) in [4.78, 5) is 2.22. The fourth-order valence-corrected chi connectivity index (χ4v) is 2.88. The van der Waals surface area contributed by atoms with Crippen molar-refractivity contribution in [3.05, 3.63) is 34.9 Å². The number of aliphatic hydroxyl groups is 1. The molecule has 4 nitrogen and oxygen atoms in total. The predicted octanol–water partition coefficient (Wildman–Crippen LogP) is 1.42. The van der Waals surface area contributed by atoms with Crippen LogP contribution >= 0.6 is 11.6 Å². The van der Waals surface area contributed by atoms with Crippen LogP contribution in [-0.4, -0.2) is 48.5 Å². The number of ether oxygens (including phenoxy) is 1. The van der Waals surface area contributed by atoms with E-state index in [0.29, 0.717) is 18.2 Å². The zero-order valence-corrected chi connectivity index (χ0v) is 11.9. The average Bonchev–Trinajstić information content (AvgIpc) is 2.39. The summed E-state index contributed by atoms with van der Waals surface area (Å²) in [6, 6.07) is 7.74. The number of hydrogen-bond acceptors (Lipinski definition) is 4. The van der Waals surface area contributed by atoms with Crippen LogP contribution in [0.5, 0.6) is 0 Å². The summed E-state index contributed by atoms with van der Waals surface area (Å²) >= 11 is 6.07. The van der Waals surface area contributed by atoms with Gasteiger partial charge in [0.15, 0.2) is 0 Å². The van der Waals surface area contributed by atoms with Crippen LogP contribution in [0, 0.1) is 0 Å². The first-order chi connectivity index (χ1) is 9.13. The van der Waals surface area contributed by atoms with Crippen molar-refractivity contribution in [1.82, 2.24) is 4.90 Å². The lowest BCUT2D eigenvalue weighted by molar-refractivity contribution is -0.0515. The van der Waals surface area contributed by atoms with Gasteiger partial charge in [0.1, 0.15) is 0 Å². The second-order valence-corrected chi connectivity index (χ2v) is 5.44. The number of morpholine rings is 1. The predicted molar refractivity (Wildman–Crippen MR) is 76.2 cm³/mol. The molecule has 0 amide bonds. The summed E-state index contributed by atoms with van der Waals surface area (Å²) < 4.78 is 5.42. The van der Waals surface area contributed by atoms with Gasteiger partial charge in [0, 0.05) is 17.6 Å². The Kier molecular flexibility index (Phi) is 5.19. The summed E-state index contributed by atoms with van der Waals surface area (Å²) in [7, 11) is 0. The smallest absolute Gasteiger partial charge is 0.0645 e. The maximum absolute atomic E-state index is 9.51. The monoisotopic (exact) mass is 284 g/mol. The van der Waals surface area contributed by atoms with E-state index in [9.17, 15) is 5.11 Å². The molecule has 1 aliphatic rings. The molecule has 1 heterocycles. The molecule has 0 radical (unpaired) electrons. The maximum Gasteiger partial charge on any atom is 0.0645 e. The molecule has 1 fully saturated rings. The molecule has 19 heavy (non-hydrogen) atoms. The molecular formula is C14H21ClN2O2. The fourth-order valence-electron chi connectivity index (χ4n) is 2.68. The van der Waals surface area contributed by atoms with Gasteiger partial charge in [0.05, 0.1) is 31.9 Å². The van der Waals surface area contributed by atoms with E-state index in [4.69, 9.17) is 22.1 Å². The summed E-state index contributed by atoms with van der Waals surface area (Å²) in [6.45, 7) is 4.03. The first-order valence-corrected chi connectivity index (χ1v) is 6.96. The maximum atomic E-state index is 9.51. The molecular weight excluding hydrogens is 264 g/mol. The second kappa shape index (κ2) is 6.68. The number of halogens is 1. The molecule has 0 aliphatic carbocycles. The van der Waals surface area contributed by atoms with Crippen LogP contribution < -0.4 is 5.73 Å². The number of nitrogens with zero attached hydrogens (tertiary/aromatic N) is 1. The molecule has 1 aromatic carbocycles. The Hall–Kier alpha value is -0.650. The molecule has 0 aromatic heterocycles. The van der Waals surface area contributed by atoms with Crippen molar-refractivity contribution in [2.45, 2.75) is 25.0 Å². The summed E-state index contributed by atoms with van der Waals surface area (Å²) in [5.41, 5.74) is 7.25. The largest absolute Gasteiger partial charge is 0.395 e. The SMILES string of the molecule is CC(N)C(c1cccc(Cl)c1)N1CCOCC1CO. The van der Waals surface area contributed by atoms with Crippen LogP contribution in [0.4, 0.5) is 0 Å². The quantitative estimate of drug-likeness (QED) is 0.878. The summed E-state index contributed by atoms with van der Waals surface area (Å²) in [5.74, 6) is 0. The van der Waals surface area contributed by atoms with E-state index < -0.39 is 0 Å². The lowest BCUT2D eigenvalue weighted by Gasteiger charge is -2.42.